The Morgan fingerprint density at radius 3 is 2.67 bits per heavy atom. The van der Waals surface area contributed by atoms with Crippen LogP contribution < -0.4 is 4.72 Å². The van der Waals surface area contributed by atoms with Gasteiger partial charge in [-0.1, -0.05) is 6.92 Å². The van der Waals surface area contributed by atoms with Crippen LogP contribution in [0.1, 0.15) is 43.7 Å². The van der Waals surface area contributed by atoms with Crippen LogP contribution in [0.4, 0.5) is 0 Å². The second kappa shape index (κ2) is 5.38. The lowest BCUT2D eigenvalue weighted by molar-refractivity contribution is 0.447. The fraction of sp³-hybridized carbons (Fsp3) is 0.727. The molecule has 1 atom stereocenters. The zero-order valence-electron chi connectivity index (χ0n) is 10.8. The van der Waals surface area contributed by atoms with Gasteiger partial charge in [-0.3, -0.25) is 0 Å². The summed E-state index contributed by atoms with van der Waals surface area (Å²) in [5, 5.41) is 0. The number of hydrogen-bond acceptors (Lipinski definition) is 3. The van der Waals surface area contributed by atoms with Crippen LogP contribution in [0.15, 0.2) is 6.20 Å². The summed E-state index contributed by atoms with van der Waals surface area (Å²) in [6, 6.07) is -0.288. The van der Waals surface area contributed by atoms with E-state index in [9.17, 15) is 8.42 Å². The lowest BCUT2D eigenvalue weighted by Crippen LogP contribution is -2.40. The first kappa shape index (κ1) is 13.5. The van der Waals surface area contributed by atoms with E-state index in [0.717, 1.165) is 18.5 Å². The monoisotopic (exact) mass is 272 g/mol. The van der Waals surface area contributed by atoms with Gasteiger partial charge in [-0.2, -0.15) is 17.4 Å². The minimum atomic E-state index is -3.39. The second-order valence-electron chi connectivity index (χ2n) is 4.64. The molecule has 2 heterocycles. The van der Waals surface area contributed by atoms with Gasteiger partial charge in [-0.05, 0) is 26.2 Å². The maximum absolute atomic E-state index is 12.2. The van der Waals surface area contributed by atoms with Crippen molar-refractivity contribution in [3.05, 3.63) is 17.7 Å². The van der Waals surface area contributed by atoms with Crippen molar-refractivity contribution in [2.24, 2.45) is 0 Å². The molecule has 0 saturated carbocycles. The van der Waals surface area contributed by atoms with Gasteiger partial charge in [0.05, 0.1) is 6.04 Å². The molecule has 1 unspecified atom stereocenters. The zero-order chi connectivity index (χ0) is 13.2. The maximum Gasteiger partial charge on any atom is 0.280 e. The summed E-state index contributed by atoms with van der Waals surface area (Å²) in [7, 11) is -3.39. The smallest absolute Gasteiger partial charge is 0.280 e. The topological polar surface area (TPSA) is 78.1 Å². The number of imidazole rings is 1. The molecule has 7 heteroatoms. The molecule has 1 aliphatic rings. The standard InChI is InChI=1S/C11H20N4O2S/c1-3-10(11-12-8-9(2)13-11)14-18(16,17)15-6-4-5-7-15/h8,10,14H,3-7H2,1-2H3,(H,12,13). The predicted molar refractivity (Wildman–Crippen MR) is 69.2 cm³/mol. The van der Waals surface area contributed by atoms with Gasteiger partial charge in [0.1, 0.15) is 5.82 Å². The second-order valence-corrected chi connectivity index (χ2v) is 6.34. The SMILES string of the molecule is CCC(NS(=O)(=O)N1CCCC1)c1ncc(C)[nH]1. The van der Waals surface area contributed by atoms with E-state index in [1.807, 2.05) is 13.8 Å². The van der Waals surface area contributed by atoms with E-state index in [1.54, 1.807) is 6.20 Å². The number of H-pyrrole nitrogens is 1. The Morgan fingerprint density at radius 1 is 1.50 bits per heavy atom. The van der Waals surface area contributed by atoms with Gasteiger partial charge < -0.3 is 4.98 Å². The number of aromatic amines is 1. The van der Waals surface area contributed by atoms with Crippen LogP contribution in [0.25, 0.3) is 0 Å². The van der Waals surface area contributed by atoms with E-state index in [-0.39, 0.29) is 6.04 Å². The molecule has 1 saturated heterocycles. The van der Waals surface area contributed by atoms with Crippen molar-refractivity contribution in [2.45, 2.75) is 39.2 Å². The van der Waals surface area contributed by atoms with E-state index < -0.39 is 10.2 Å². The number of aryl methyl sites for hydroxylation is 1. The van der Waals surface area contributed by atoms with Gasteiger partial charge in [0.25, 0.3) is 10.2 Å². The van der Waals surface area contributed by atoms with Crippen molar-refractivity contribution in [3.8, 4) is 0 Å². The minimum absolute atomic E-state index is 0.288. The van der Waals surface area contributed by atoms with Crippen LogP contribution >= 0.6 is 0 Å². The zero-order valence-corrected chi connectivity index (χ0v) is 11.6. The first-order valence-electron chi connectivity index (χ1n) is 6.32. The normalized spacial score (nSPS) is 19.2. The molecule has 0 amide bonds. The van der Waals surface area contributed by atoms with Crippen LogP contribution in [0.5, 0.6) is 0 Å². The molecule has 0 bridgehead atoms. The third-order valence-electron chi connectivity index (χ3n) is 3.16. The molecule has 0 radical (unpaired) electrons. The summed E-state index contributed by atoms with van der Waals surface area (Å²) in [6.07, 6.45) is 4.26. The Hall–Kier alpha value is -0.920. The highest BCUT2D eigenvalue weighted by Gasteiger charge is 2.28. The number of aromatic nitrogens is 2. The van der Waals surface area contributed by atoms with Gasteiger partial charge in [0, 0.05) is 25.0 Å². The van der Waals surface area contributed by atoms with E-state index in [4.69, 9.17) is 0 Å². The average molecular weight is 272 g/mol. The summed E-state index contributed by atoms with van der Waals surface area (Å²) in [5.74, 6) is 0.678. The van der Waals surface area contributed by atoms with E-state index in [2.05, 4.69) is 14.7 Å². The molecule has 18 heavy (non-hydrogen) atoms. The largest absolute Gasteiger partial charge is 0.345 e. The molecule has 6 nitrogen and oxygen atoms in total. The molecular weight excluding hydrogens is 252 g/mol. The summed E-state index contributed by atoms with van der Waals surface area (Å²) in [6.45, 7) is 5.07. The lowest BCUT2D eigenvalue weighted by atomic mass is 10.2. The fourth-order valence-corrected chi connectivity index (χ4v) is 3.65. The van der Waals surface area contributed by atoms with Crippen molar-refractivity contribution in [1.82, 2.24) is 19.0 Å². The molecule has 1 fully saturated rings. The summed E-state index contributed by atoms with van der Waals surface area (Å²) < 4.78 is 28.5. The highest BCUT2D eigenvalue weighted by Crippen LogP contribution is 2.18. The van der Waals surface area contributed by atoms with Crippen molar-refractivity contribution in [2.75, 3.05) is 13.1 Å². The van der Waals surface area contributed by atoms with Gasteiger partial charge in [0.2, 0.25) is 0 Å². The highest BCUT2D eigenvalue weighted by atomic mass is 32.2. The lowest BCUT2D eigenvalue weighted by Gasteiger charge is -2.20. The Balaban J connectivity index is 2.10. The summed E-state index contributed by atoms with van der Waals surface area (Å²) in [5.41, 5.74) is 0.934. The fourth-order valence-electron chi connectivity index (χ4n) is 2.13. The number of rotatable bonds is 5. The van der Waals surface area contributed by atoms with Crippen LogP contribution in [0.3, 0.4) is 0 Å². The van der Waals surface area contributed by atoms with Crippen molar-refractivity contribution >= 4 is 10.2 Å². The molecule has 0 aliphatic carbocycles. The maximum atomic E-state index is 12.2. The van der Waals surface area contributed by atoms with E-state index >= 15 is 0 Å². The van der Waals surface area contributed by atoms with Crippen molar-refractivity contribution in [1.29, 1.82) is 0 Å². The van der Waals surface area contributed by atoms with Gasteiger partial charge in [0.15, 0.2) is 0 Å². The molecule has 2 rings (SSSR count). The van der Waals surface area contributed by atoms with Gasteiger partial charge in [-0.25, -0.2) is 4.98 Å². The number of nitrogens with one attached hydrogen (secondary N) is 2. The van der Waals surface area contributed by atoms with Gasteiger partial charge in [-0.15, -0.1) is 0 Å². The predicted octanol–water partition coefficient (Wildman–Crippen LogP) is 1.10. The van der Waals surface area contributed by atoms with Crippen molar-refractivity contribution < 1.29 is 8.42 Å². The van der Waals surface area contributed by atoms with Crippen LogP contribution in [0, 0.1) is 6.92 Å². The Kier molecular flexibility index (Phi) is 4.04. The third-order valence-corrected chi connectivity index (χ3v) is 4.78. The van der Waals surface area contributed by atoms with Gasteiger partial charge >= 0.3 is 0 Å². The molecule has 1 aromatic heterocycles. The van der Waals surface area contributed by atoms with Crippen LogP contribution in [-0.2, 0) is 10.2 Å². The molecule has 102 valence electrons. The Bertz CT molecular complexity index is 491. The first-order valence-corrected chi connectivity index (χ1v) is 7.76. The molecule has 1 aliphatic heterocycles. The quantitative estimate of drug-likeness (QED) is 0.842. The first-order chi connectivity index (χ1) is 8.53. The summed E-state index contributed by atoms with van der Waals surface area (Å²) in [4.78, 5) is 7.28. The van der Waals surface area contributed by atoms with E-state index in [0.29, 0.717) is 25.3 Å². The van der Waals surface area contributed by atoms with Crippen LogP contribution in [0.2, 0.25) is 0 Å². The highest BCUT2D eigenvalue weighted by molar-refractivity contribution is 7.87. The van der Waals surface area contributed by atoms with E-state index in [1.165, 1.54) is 4.31 Å². The summed E-state index contributed by atoms with van der Waals surface area (Å²) >= 11 is 0. The Morgan fingerprint density at radius 2 is 2.17 bits per heavy atom. The van der Waals surface area contributed by atoms with Crippen LogP contribution in [-0.4, -0.2) is 35.8 Å². The average Bonchev–Trinajstić information content (AvgIpc) is 2.96. The number of hydrogen-bond donors (Lipinski definition) is 2. The molecule has 2 N–H and O–H groups in total. The van der Waals surface area contributed by atoms with Crippen molar-refractivity contribution in [3.63, 3.8) is 0 Å². The molecule has 0 spiro atoms. The Labute approximate surface area is 108 Å². The third kappa shape index (κ3) is 2.90. The minimum Gasteiger partial charge on any atom is -0.345 e. The molecule has 0 aromatic carbocycles. The molecule has 1 aromatic rings. The number of nitrogens with zero attached hydrogens (tertiary/aromatic N) is 2. The molecular formula is C11H20N4O2S.